The number of aryl methyl sites for hydroxylation is 2. The van der Waals surface area contributed by atoms with Crippen molar-refractivity contribution in [3.63, 3.8) is 0 Å². The van der Waals surface area contributed by atoms with Gasteiger partial charge in [0.15, 0.2) is 11.6 Å². The molecule has 5 nitrogen and oxygen atoms in total. The molecule has 0 fully saturated rings. The van der Waals surface area contributed by atoms with Crippen molar-refractivity contribution in [3.05, 3.63) is 41.5 Å². The molecule has 0 aliphatic carbocycles. The van der Waals surface area contributed by atoms with Gasteiger partial charge in [-0.2, -0.15) is 0 Å². The van der Waals surface area contributed by atoms with E-state index in [1.54, 1.807) is 12.1 Å². The summed E-state index contributed by atoms with van der Waals surface area (Å²) in [6, 6.07) is 3.41. The second-order valence-corrected chi connectivity index (χ2v) is 3.51. The predicted molar refractivity (Wildman–Crippen MR) is 54.5 cm³/mol. The lowest BCUT2D eigenvalue weighted by Crippen LogP contribution is -1.99. The number of halogens is 2. The molecule has 0 saturated carbocycles. The van der Waals surface area contributed by atoms with Gasteiger partial charge < -0.3 is 13.9 Å². The summed E-state index contributed by atoms with van der Waals surface area (Å²) < 4.78 is 34.9. The lowest BCUT2D eigenvalue weighted by atomic mass is 10.2. The van der Waals surface area contributed by atoms with Crippen molar-refractivity contribution in [2.75, 3.05) is 0 Å². The Kier molecular flexibility index (Phi) is 3.40. The maximum atomic E-state index is 12.5. The van der Waals surface area contributed by atoms with E-state index in [-0.39, 0.29) is 12.3 Å². The molecule has 2 rings (SSSR count). The van der Waals surface area contributed by atoms with Crippen LogP contribution in [-0.4, -0.2) is 16.1 Å². The second-order valence-electron chi connectivity index (χ2n) is 3.51. The van der Waals surface area contributed by atoms with E-state index in [0.717, 1.165) is 0 Å². The third-order valence-electron chi connectivity index (χ3n) is 2.26. The Balaban J connectivity index is 2.14. The molecule has 0 spiro atoms. The number of nitrogens with zero attached hydrogens (tertiary/aromatic N) is 1. The van der Waals surface area contributed by atoms with E-state index in [9.17, 15) is 13.6 Å². The third-order valence-corrected chi connectivity index (χ3v) is 2.26. The fourth-order valence-electron chi connectivity index (χ4n) is 1.47. The summed E-state index contributed by atoms with van der Waals surface area (Å²) in [7, 11) is 0. The molecule has 96 valence electrons. The van der Waals surface area contributed by atoms with Crippen LogP contribution in [0, 0.1) is 0 Å². The first kappa shape index (κ1) is 12.3. The van der Waals surface area contributed by atoms with Crippen LogP contribution in [0.5, 0.6) is 0 Å². The summed E-state index contributed by atoms with van der Waals surface area (Å²) in [6.45, 7) is 0. The standard InChI is InChI=1S/C11H9F2NO4/c12-10(13)8-9(11(15)16)18-7(14-8)4-3-6-2-1-5-17-6/h1-2,5,10H,3-4H2,(H,15,16). The third kappa shape index (κ3) is 2.55. The average Bonchev–Trinajstić information content (AvgIpc) is 2.95. The fourth-order valence-corrected chi connectivity index (χ4v) is 1.47. The Hall–Kier alpha value is -2.18. The molecule has 2 heterocycles. The summed E-state index contributed by atoms with van der Waals surface area (Å²) in [5.74, 6) is -1.76. The minimum atomic E-state index is -2.97. The number of rotatable bonds is 5. The van der Waals surface area contributed by atoms with Crippen LogP contribution in [0.25, 0.3) is 0 Å². The number of aromatic nitrogens is 1. The first-order chi connectivity index (χ1) is 8.58. The van der Waals surface area contributed by atoms with Crippen LogP contribution in [-0.2, 0) is 12.8 Å². The highest BCUT2D eigenvalue weighted by Crippen LogP contribution is 2.23. The van der Waals surface area contributed by atoms with E-state index in [1.807, 2.05) is 0 Å². The van der Waals surface area contributed by atoms with Crippen LogP contribution in [0.1, 0.15) is 34.3 Å². The van der Waals surface area contributed by atoms with Gasteiger partial charge in [-0.3, -0.25) is 0 Å². The van der Waals surface area contributed by atoms with Gasteiger partial charge in [0.1, 0.15) is 5.76 Å². The van der Waals surface area contributed by atoms with Crippen LogP contribution in [0.3, 0.4) is 0 Å². The first-order valence-electron chi connectivity index (χ1n) is 5.11. The Morgan fingerprint density at radius 1 is 1.44 bits per heavy atom. The van der Waals surface area contributed by atoms with Crippen molar-refractivity contribution in [3.8, 4) is 0 Å². The van der Waals surface area contributed by atoms with Crippen LogP contribution >= 0.6 is 0 Å². The van der Waals surface area contributed by atoms with Crippen molar-refractivity contribution in [1.82, 2.24) is 4.98 Å². The van der Waals surface area contributed by atoms with Crippen LogP contribution in [0.2, 0.25) is 0 Å². The lowest BCUT2D eigenvalue weighted by Gasteiger charge is -1.92. The van der Waals surface area contributed by atoms with Crippen molar-refractivity contribution < 1.29 is 27.5 Å². The van der Waals surface area contributed by atoms with Crippen molar-refractivity contribution in [2.24, 2.45) is 0 Å². The minimum absolute atomic E-state index is 0.0425. The minimum Gasteiger partial charge on any atom is -0.475 e. The van der Waals surface area contributed by atoms with Gasteiger partial charge in [0, 0.05) is 12.8 Å². The number of alkyl halides is 2. The van der Waals surface area contributed by atoms with Gasteiger partial charge >= 0.3 is 5.97 Å². The van der Waals surface area contributed by atoms with Crippen molar-refractivity contribution in [1.29, 1.82) is 0 Å². The summed E-state index contributed by atoms with van der Waals surface area (Å²) in [5, 5.41) is 8.69. The Morgan fingerprint density at radius 3 is 2.72 bits per heavy atom. The van der Waals surface area contributed by atoms with E-state index in [0.29, 0.717) is 12.2 Å². The molecule has 2 aromatic heterocycles. The summed E-state index contributed by atoms with van der Waals surface area (Å²) in [4.78, 5) is 14.2. The van der Waals surface area contributed by atoms with E-state index < -0.39 is 23.8 Å². The van der Waals surface area contributed by atoms with Gasteiger partial charge in [-0.25, -0.2) is 18.6 Å². The molecule has 0 aliphatic heterocycles. The quantitative estimate of drug-likeness (QED) is 0.891. The molecule has 0 saturated heterocycles. The Bertz CT molecular complexity index is 533. The van der Waals surface area contributed by atoms with Crippen molar-refractivity contribution >= 4 is 5.97 Å². The topological polar surface area (TPSA) is 76.5 Å². The van der Waals surface area contributed by atoms with Gasteiger partial charge in [0.05, 0.1) is 6.26 Å². The predicted octanol–water partition coefficient (Wildman–Crippen LogP) is 2.69. The zero-order chi connectivity index (χ0) is 13.1. The van der Waals surface area contributed by atoms with Gasteiger partial charge in [-0.05, 0) is 12.1 Å². The highest BCUT2D eigenvalue weighted by Gasteiger charge is 2.26. The molecule has 0 aliphatic rings. The maximum absolute atomic E-state index is 12.5. The molecule has 2 aromatic rings. The van der Waals surface area contributed by atoms with Gasteiger partial charge in [-0.1, -0.05) is 0 Å². The number of aromatic carboxylic acids is 1. The highest BCUT2D eigenvalue weighted by atomic mass is 19.3. The molecular formula is C11H9F2NO4. The molecule has 7 heteroatoms. The van der Waals surface area contributed by atoms with Crippen LogP contribution < -0.4 is 0 Å². The molecule has 0 aromatic carbocycles. The largest absolute Gasteiger partial charge is 0.475 e. The van der Waals surface area contributed by atoms with E-state index in [4.69, 9.17) is 13.9 Å². The molecular weight excluding hydrogens is 248 g/mol. The number of carboxylic acids is 1. The SMILES string of the molecule is O=C(O)c1oc(CCc2ccco2)nc1C(F)F. The number of oxazole rings is 1. The van der Waals surface area contributed by atoms with Crippen LogP contribution in [0.4, 0.5) is 8.78 Å². The molecule has 18 heavy (non-hydrogen) atoms. The van der Waals surface area contributed by atoms with E-state index in [2.05, 4.69) is 4.98 Å². The highest BCUT2D eigenvalue weighted by molar-refractivity contribution is 5.85. The zero-order valence-electron chi connectivity index (χ0n) is 9.10. The summed E-state index contributed by atoms with van der Waals surface area (Å²) in [6.07, 6.45) is -0.897. The molecule has 0 unspecified atom stereocenters. The number of hydrogen-bond acceptors (Lipinski definition) is 4. The Labute approximate surface area is 100 Å². The van der Waals surface area contributed by atoms with Crippen LogP contribution in [0.15, 0.2) is 27.2 Å². The number of carbonyl (C=O) groups is 1. The summed E-state index contributed by atoms with van der Waals surface area (Å²) >= 11 is 0. The molecule has 1 N–H and O–H groups in total. The molecule has 0 amide bonds. The number of hydrogen-bond donors (Lipinski definition) is 1. The fraction of sp³-hybridized carbons (Fsp3) is 0.273. The maximum Gasteiger partial charge on any atom is 0.374 e. The summed E-state index contributed by atoms with van der Waals surface area (Å²) in [5.41, 5.74) is -0.836. The first-order valence-corrected chi connectivity index (χ1v) is 5.11. The van der Waals surface area contributed by atoms with Crippen molar-refractivity contribution in [2.45, 2.75) is 19.3 Å². The normalized spacial score (nSPS) is 11.1. The number of furan rings is 1. The van der Waals surface area contributed by atoms with Gasteiger partial charge in [0.2, 0.25) is 5.76 Å². The molecule has 0 bridgehead atoms. The van der Waals surface area contributed by atoms with E-state index in [1.165, 1.54) is 6.26 Å². The smallest absolute Gasteiger partial charge is 0.374 e. The number of carboxylic acid groups (broad SMARTS) is 1. The average molecular weight is 257 g/mol. The molecule has 0 atom stereocenters. The zero-order valence-corrected chi connectivity index (χ0v) is 9.10. The van der Waals surface area contributed by atoms with E-state index >= 15 is 0 Å². The Morgan fingerprint density at radius 2 is 2.22 bits per heavy atom. The second kappa shape index (κ2) is 4.99. The van der Waals surface area contributed by atoms with Gasteiger partial charge in [-0.15, -0.1) is 0 Å². The molecule has 0 radical (unpaired) electrons. The monoisotopic (exact) mass is 257 g/mol. The lowest BCUT2D eigenvalue weighted by molar-refractivity contribution is 0.0644. The van der Waals surface area contributed by atoms with Gasteiger partial charge in [0.25, 0.3) is 6.43 Å².